The van der Waals surface area contributed by atoms with Crippen LogP contribution in [0.4, 0.5) is 0 Å². The average Bonchev–Trinajstić information content (AvgIpc) is 3.10. The number of aromatic nitrogens is 3. The Morgan fingerprint density at radius 2 is 2.14 bits per heavy atom. The Balaban J connectivity index is 1.92. The minimum absolute atomic E-state index is 0.203. The van der Waals surface area contributed by atoms with Crippen molar-refractivity contribution in [3.8, 4) is 5.69 Å². The molecule has 106 valence electrons. The van der Waals surface area contributed by atoms with Crippen LogP contribution in [0.5, 0.6) is 0 Å². The summed E-state index contributed by atoms with van der Waals surface area (Å²) in [6.45, 7) is 0. The van der Waals surface area contributed by atoms with Crippen molar-refractivity contribution in [2.45, 2.75) is 25.7 Å². The molecule has 0 spiro atoms. The Morgan fingerprint density at radius 1 is 1.29 bits per heavy atom. The van der Waals surface area contributed by atoms with Crippen molar-refractivity contribution in [3.63, 3.8) is 0 Å². The van der Waals surface area contributed by atoms with E-state index in [9.17, 15) is 9.90 Å². The van der Waals surface area contributed by atoms with Crippen LogP contribution in [0.25, 0.3) is 15.9 Å². The number of hydrogen-bond donors (Lipinski definition) is 1. The minimum Gasteiger partial charge on any atom is -0.476 e. The van der Waals surface area contributed by atoms with E-state index in [-0.39, 0.29) is 5.69 Å². The lowest BCUT2D eigenvalue weighted by atomic mass is 9.95. The van der Waals surface area contributed by atoms with E-state index in [2.05, 4.69) is 10.1 Å². The number of nitrogens with zero attached hydrogens (tertiary/aromatic N) is 3. The maximum absolute atomic E-state index is 11.4. The van der Waals surface area contributed by atoms with Gasteiger partial charge in [0.15, 0.2) is 5.69 Å². The van der Waals surface area contributed by atoms with Crippen molar-refractivity contribution in [1.82, 2.24) is 14.8 Å². The van der Waals surface area contributed by atoms with Gasteiger partial charge in [0.2, 0.25) is 0 Å². The fourth-order valence-corrected chi connectivity index (χ4v) is 3.67. The monoisotopic (exact) mass is 299 g/mol. The van der Waals surface area contributed by atoms with E-state index in [1.807, 2.05) is 23.7 Å². The normalized spacial score (nSPS) is 14.3. The molecule has 1 aliphatic carbocycles. The SMILES string of the molecule is O=C(O)c1nn(-c2ccc3ncsc3c2)c2c1CCCC2. The molecule has 5 nitrogen and oxygen atoms in total. The molecule has 2 heterocycles. The summed E-state index contributed by atoms with van der Waals surface area (Å²) in [5.74, 6) is -0.939. The smallest absolute Gasteiger partial charge is 0.356 e. The largest absolute Gasteiger partial charge is 0.476 e. The third kappa shape index (κ3) is 1.94. The molecule has 4 rings (SSSR count). The summed E-state index contributed by atoms with van der Waals surface area (Å²) < 4.78 is 2.89. The number of fused-ring (bicyclic) bond motifs is 2. The first kappa shape index (κ1) is 12.5. The standard InChI is InChI=1S/C15H13N3O2S/c19-15(20)14-10-3-1-2-4-12(10)18(17-14)9-5-6-11-13(7-9)21-8-16-11/h5-8H,1-4H2,(H,19,20). The molecule has 6 heteroatoms. The van der Waals surface area contributed by atoms with Crippen molar-refractivity contribution in [2.75, 3.05) is 0 Å². The first-order chi connectivity index (χ1) is 10.2. The summed E-state index contributed by atoms with van der Waals surface area (Å²) in [5.41, 5.74) is 5.84. The third-order valence-electron chi connectivity index (χ3n) is 3.94. The lowest BCUT2D eigenvalue weighted by molar-refractivity contribution is 0.0688. The predicted octanol–water partition coefficient (Wildman–Crippen LogP) is 3.06. The lowest BCUT2D eigenvalue weighted by Crippen LogP contribution is -2.08. The highest BCUT2D eigenvalue weighted by Crippen LogP contribution is 2.28. The van der Waals surface area contributed by atoms with E-state index in [4.69, 9.17) is 0 Å². The molecule has 2 aromatic heterocycles. The van der Waals surface area contributed by atoms with Crippen molar-refractivity contribution in [1.29, 1.82) is 0 Å². The van der Waals surface area contributed by atoms with Gasteiger partial charge in [-0.1, -0.05) is 0 Å². The minimum atomic E-state index is -0.939. The van der Waals surface area contributed by atoms with E-state index in [1.165, 1.54) is 0 Å². The highest BCUT2D eigenvalue weighted by atomic mass is 32.1. The summed E-state index contributed by atoms with van der Waals surface area (Å²) in [7, 11) is 0. The Labute approximate surface area is 124 Å². The molecule has 0 atom stereocenters. The van der Waals surface area contributed by atoms with Crippen LogP contribution >= 0.6 is 11.3 Å². The second-order valence-corrected chi connectivity index (χ2v) is 6.09. The molecule has 0 amide bonds. The molecule has 1 N–H and O–H groups in total. The van der Waals surface area contributed by atoms with Crippen LogP contribution in [0, 0.1) is 0 Å². The van der Waals surface area contributed by atoms with Gasteiger partial charge in [0.05, 0.1) is 21.4 Å². The van der Waals surface area contributed by atoms with Gasteiger partial charge >= 0.3 is 5.97 Å². The molecule has 0 bridgehead atoms. The van der Waals surface area contributed by atoms with Crippen LogP contribution in [-0.4, -0.2) is 25.8 Å². The number of aromatic carboxylic acids is 1. The number of hydrogen-bond acceptors (Lipinski definition) is 4. The molecule has 0 unspecified atom stereocenters. The molecule has 21 heavy (non-hydrogen) atoms. The lowest BCUT2D eigenvalue weighted by Gasteiger charge is -2.13. The maximum Gasteiger partial charge on any atom is 0.356 e. The van der Waals surface area contributed by atoms with Crippen LogP contribution in [0.15, 0.2) is 23.7 Å². The topological polar surface area (TPSA) is 68.0 Å². The van der Waals surface area contributed by atoms with Crippen LogP contribution in [0.1, 0.15) is 34.6 Å². The number of benzene rings is 1. The van der Waals surface area contributed by atoms with Crippen LogP contribution in [0.3, 0.4) is 0 Å². The third-order valence-corrected chi connectivity index (χ3v) is 4.73. The maximum atomic E-state index is 11.4. The van der Waals surface area contributed by atoms with Crippen LogP contribution in [-0.2, 0) is 12.8 Å². The number of carbonyl (C=O) groups is 1. The number of rotatable bonds is 2. The average molecular weight is 299 g/mol. The summed E-state index contributed by atoms with van der Waals surface area (Å²) in [5, 5.41) is 13.7. The second-order valence-electron chi connectivity index (χ2n) is 5.20. The fraction of sp³-hybridized carbons (Fsp3) is 0.267. The Hall–Kier alpha value is -2.21. The van der Waals surface area contributed by atoms with Crippen molar-refractivity contribution in [3.05, 3.63) is 40.7 Å². The molecule has 1 aliphatic rings. The number of thiazole rings is 1. The van der Waals surface area contributed by atoms with Gasteiger partial charge in [-0.15, -0.1) is 11.3 Å². The first-order valence-corrected chi connectivity index (χ1v) is 7.79. The molecule has 0 saturated heterocycles. The second kappa shape index (κ2) is 4.66. The molecular formula is C15H13N3O2S. The van der Waals surface area contributed by atoms with Gasteiger partial charge in [0.1, 0.15) is 0 Å². The summed E-state index contributed by atoms with van der Waals surface area (Å²) in [6, 6.07) is 5.94. The number of carboxylic acid groups (broad SMARTS) is 1. The van der Waals surface area contributed by atoms with Gasteiger partial charge in [-0.25, -0.2) is 14.5 Å². The van der Waals surface area contributed by atoms with Gasteiger partial charge in [-0.05, 0) is 43.9 Å². The van der Waals surface area contributed by atoms with Crippen molar-refractivity contribution in [2.24, 2.45) is 0 Å². The quantitative estimate of drug-likeness (QED) is 0.789. The van der Waals surface area contributed by atoms with E-state index in [0.717, 1.165) is 52.8 Å². The van der Waals surface area contributed by atoms with E-state index < -0.39 is 5.97 Å². The summed E-state index contributed by atoms with van der Waals surface area (Å²) in [6.07, 6.45) is 3.81. The predicted molar refractivity (Wildman–Crippen MR) is 80.3 cm³/mol. The van der Waals surface area contributed by atoms with Gasteiger partial charge in [-0.3, -0.25) is 0 Å². The van der Waals surface area contributed by atoms with Crippen molar-refractivity contribution < 1.29 is 9.90 Å². The van der Waals surface area contributed by atoms with Gasteiger partial charge in [0.25, 0.3) is 0 Å². The van der Waals surface area contributed by atoms with Crippen LogP contribution < -0.4 is 0 Å². The van der Waals surface area contributed by atoms with E-state index >= 15 is 0 Å². The molecular weight excluding hydrogens is 286 g/mol. The van der Waals surface area contributed by atoms with E-state index in [0.29, 0.717) is 0 Å². The first-order valence-electron chi connectivity index (χ1n) is 6.92. The van der Waals surface area contributed by atoms with Crippen LogP contribution in [0.2, 0.25) is 0 Å². The molecule has 0 radical (unpaired) electrons. The van der Waals surface area contributed by atoms with Crippen molar-refractivity contribution >= 4 is 27.5 Å². The van der Waals surface area contributed by atoms with Gasteiger partial charge in [0, 0.05) is 11.3 Å². The highest BCUT2D eigenvalue weighted by molar-refractivity contribution is 7.16. The highest BCUT2D eigenvalue weighted by Gasteiger charge is 2.25. The molecule has 3 aromatic rings. The molecule has 0 aliphatic heterocycles. The van der Waals surface area contributed by atoms with Gasteiger partial charge < -0.3 is 5.11 Å². The Bertz CT molecular complexity index is 850. The zero-order chi connectivity index (χ0) is 14.4. The zero-order valence-electron chi connectivity index (χ0n) is 11.2. The Kier molecular flexibility index (Phi) is 2.78. The van der Waals surface area contributed by atoms with E-state index in [1.54, 1.807) is 16.0 Å². The fourth-order valence-electron chi connectivity index (χ4n) is 2.96. The Morgan fingerprint density at radius 3 is 3.00 bits per heavy atom. The van der Waals surface area contributed by atoms with Gasteiger partial charge in [-0.2, -0.15) is 5.10 Å². The molecule has 0 fully saturated rings. The zero-order valence-corrected chi connectivity index (χ0v) is 12.1. The molecule has 1 aromatic carbocycles. The summed E-state index contributed by atoms with van der Waals surface area (Å²) >= 11 is 1.58. The number of carboxylic acids is 1. The summed E-state index contributed by atoms with van der Waals surface area (Å²) in [4.78, 5) is 15.7. The molecule has 0 saturated carbocycles.